The van der Waals surface area contributed by atoms with Crippen LogP contribution in [-0.4, -0.2) is 18.5 Å². The lowest BCUT2D eigenvalue weighted by Crippen LogP contribution is -2.21. The van der Waals surface area contributed by atoms with E-state index in [-0.39, 0.29) is 5.41 Å². The number of hydrogen-bond donors (Lipinski definition) is 1. The van der Waals surface area contributed by atoms with Gasteiger partial charge in [-0.3, -0.25) is 4.79 Å². The van der Waals surface area contributed by atoms with E-state index in [0.717, 1.165) is 5.56 Å². The highest BCUT2D eigenvalue weighted by molar-refractivity contribution is 7.14. The number of nitrogens with one attached hydrogen (secondary N) is 1. The van der Waals surface area contributed by atoms with Crippen molar-refractivity contribution in [2.75, 3.05) is 11.9 Å². The third kappa shape index (κ3) is 4.43. The number of rotatable bonds is 4. The zero-order chi connectivity index (χ0) is 17.7. The number of hydrogen-bond acceptors (Lipinski definition) is 5. The lowest BCUT2D eigenvalue weighted by Gasteiger charge is -2.18. The molecule has 124 valence electrons. The van der Waals surface area contributed by atoms with Gasteiger partial charge in [-0.05, 0) is 34.6 Å². The van der Waals surface area contributed by atoms with Gasteiger partial charge in [-0.15, -0.1) is 11.3 Å². The van der Waals surface area contributed by atoms with Crippen molar-refractivity contribution in [1.82, 2.24) is 0 Å². The van der Waals surface area contributed by atoms with Gasteiger partial charge in [0.2, 0.25) is 0 Å². The number of amides is 1. The monoisotopic (exact) mass is 342 g/mol. The molecule has 24 heavy (non-hydrogen) atoms. The summed E-state index contributed by atoms with van der Waals surface area (Å²) in [4.78, 5) is 23.8. The topological polar surface area (TPSA) is 79.2 Å². The Balaban J connectivity index is 1.91. The molecule has 0 spiro atoms. The lowest BCUT2D eigenvalue weighted by molar-refractivity contribution is -0.119. The molecule has 0 bridgehead atoms. The largest absolute Gasteiger partial charge is 0.452 e. The van der Waals surface area contributed by atoms with E-state index < -0.39 is 18.5 Å². The molecule has 0 fully saturated rings. The molecule has 0 saturated carbocycles. The third-order valence-corrected chi connectivity index (χ3v) is 4.19. The minimum Gasteiger partial charge on any atom is -0.452 e. The molecule has 2 aromatic rings. The lowest BCUT2D eigenvalue weighted by atomic mass is 9.87. The highest BCUT2D eigenvalue weighted by Gasteiger charge is 2.16. The van der Waals surface area contributed by atoms with Gasteiger partial charge in [0.1, 0.15) is 11.1 Å². The number of nitrogens with zero attached hydrogens (tertiary/aromatic N) is 1. The first-order valence-corrected chi connectivity index (χ1v) is 8.24. The summed E-state index contributed by atoms with van der Waals surface area (Å²) in [5, 5.41) is 13.6. The van der Waals surface area contributed by atoms with Crippen LogP contribution in [0.1, 0.15) is 42.3 Å². The van der Waals surface area contributed by atoms with Gasteiger partial charge in [0, 0.05) is 0 Å². The third-order valence-electron chi connectivity index (χ3n) is 3.36. The molecule has 1 heterocycles. The first kappa shape index (κ1) is 17.7. The highest BCUT2D eigenvalue weighted by atomic mass is 32.1. The Labute approximate surface area is 144 Å². The van der Waals surface area contributed by atoms with Crippen molar-refractivity contribution in [3.8, 4) is 6.07 Å². The molecule has 1 amide bonds. The van der Waals surface area contributed by atoms with Crippen LogP contribution in [0.3, 0.4) is 0 Å². The molecule has 1 N–H and O–H groups in total. The molecular weight excluding hydrogens is 324 g/mol. The molecule has 0 atom stereocenters. The summed E-state index contributed by atoms with van der Waals surface area (Å²) in [6.07, 6.45) is 0. The maximum absolute atomic E-state index is 12.0. The van der Waals surface area contributed by atoms with E-state index in [1.807, 2.05) is 18.2 Å². The number of ether oxygens (including phenoxy) is 1. The maximum atomic E-state index is 12.0. The second kappa shape index (κ2) is 7.28. The van der Waals surface area contributed by atoms with Crippen molar-refractivity contribution >= 4 is 28.2 Å². The number of benzene rings is 1. The van der Waals surface area contributed by atoms with E-state index in [1.54, 1.807) is 23.6 Å². The van der Waals surface area contributed by atoms with Gasteiger partial charge in [-0.1, -0.05) is 32.9 Å². The predicted molar refractivity (Wildman–Crippen MR) is 93.1 cm³/mol. The molecule has 0 aliphatic heterocycles. The van der Waals surface area contributed by atoms with Crippen molar-refractivity contribution in [2.45, 2.75) is 26.2 Å². The van der Waals surface area contributed by atoms with E-state index in [9.17, 15) is 9.59 Å². The van der Waals surface area contributed by atoms with Crippen LogP contribution in [0.25, 0.3) is 0 Å². The average molecular weight is 342 g/mol. The number of nitriles is 1. The van der Waals surface area contributed by atoms with Gasteiger partial charge < -0.3 is 10.1 Å². The van der Waals surface area contributed by atoms with Crippen LogP contribution in [0.5, 0.6) is 0 Å². The van der Waals surface area contributed by atoms with Crippen LogP contribution < -0.4 is 5.32 Å². The van der Waals surface area contributed by atoms with Gasteiger partial charge in [-0.2, -0.15) is 5.26 Å². The molecule has 5 nitrogen and oxygen atoms in total. The predicted octanol–water partition coefficient (Wildman–Crippen LogP) is 3.71. The summed E-state index contributed by atoms with van der Waals surface area (Å²) in [6.45, 7) is 5.86. The fourth-order valence-electron chi connectivity index (χ4n) is 1.98. The van der Waals surface area contributed by atoms with E-state index in [2.05, 4.69) is 26.1 Å². The molecule has 0 saturated heterocycles. The van der Waals surface area contributed by atoms with Crippen molar-refractivity contribution in [2.24, 2.45) is 0 Å². The molecular formula is C18H18N2O3S. The number of thiophene rings is 1. The quantitative estimate of drug-likeness (QED) is 0.859. The molecule has 6 heteroatoms. The summed E-state index contributed by atoms with van der Waals surface area (Å²) < 4.78 is 5.01. The average Bonchev–Trinajstić information content (AvgIpc) is 2.99. The Kier molecular flexibility index (Phi) is 5.37. The SMILES string of the molecule is CC(C)(C)c1ccc(C(=O)OCC(=O)Nc2sccc2C#N)cc1. The zero-order valence-corrected chi connectivity index (χ0v) is 14.6. The van der Waals surface area contributed by atoms with Gasteiger partial charge in [0.15, 0.2) is 6.61 Å². The smallest absolute Gasteiger partial charge is 0.338 e. The van der Waals surface area contributed by atoms with Crippen LogP contribution in [0.2, 0.25) is 0 Å². The van der Waals surface area contributed by atoms with Gasteiger partial charge >= 0.3 is 5.97 Å². The molecule has 0 aliphatic rings. The van der Waals surface area contributed by atoms with Crippen molar-refractivity contribution in [3.63, 3.8) is 0 Å². The van der Waals surface area contributed by atoms with E-state index >= 15 is 0 Å². The molecule has 1 aromatic heterocycles. The summed E-state index contributed by atoms with van der Waals surface area (Å²) >= 11 is 1.24. The van der Waals surface area contributed by atoms with E-state index in [4.69, 9.17) is 10.00 Å². The second-order valence-corrected chi connectivity index (χ2v) is 7.14. The standard InChI is InChI=1S/C18H18N2O3S/c1-18(2,3)14-6-4-12(5-7-14)17(22)23-11-15(21)20-16-13(10-19)8-9-24-16/h4-9H,11H2,1-3H3,(H,20,21). The maximum Gasteiger partial charge on any atom is 0.338 e. The normalized spacial score (nSPS) is 10.8. The number of carbonyl (C=O) groups excluding carboxylic acids is 2. The Morgan fingerprint density at radius 3 is 2.46 bits per heavy atom. The van der Waals surface area contributed by atoms with E-state index in [1.165, 1.54) is 11.3 Å². The minimum atomic E-state index is -0.558. The molecule has 0 radical (unpaired) electrons. The molecule has 1 aromatic carbocycles. The van der Waals surface area contributed by atoms with Crippen LogP contribution in [0, 0.1) is 11.3 Å². The minimum absolute atomic E-state index is 0.00147. The Morgan fingerprint density at radius 2 is 1.88 bits per heavy atom. The van der Waals surface area contributed by atoms with Crippen molar-refractivity contribution < 1.29 is 14.3 Å². The van der Waals surface area contributed by atoms with Gasteiger partial charge in [0.05, 0.1) is 11.1 Å². The Bertz CT molecular complexity index is 780. The summed E-state index contributed by atoms with van der Waals surface area (Å²) in [6, 6.07) is 10.7. The fourth-order valence-corrected chi connectivity index (χ4v) is 2.73. The Morgan fingerprint density at radius 1 is 1.21 bits per heavy atom. The van der Waals surface area contributed by atoms with Gasteiger partial charge in [-0.25, -0.2) is 4.79 Å². The first-order chi connectivity index (χ1) is 11.3. The first-order valence-electron chi connectivity index (χ1n) is 7.36. The Hall–Kier alpha value is -2.65. The zero-order valence-electron chi connectivity index (χ0n) is 13.8. The number of esters is 1. The number of anilines is 1. The highest BCUT2D eigenvalue weighted by Crippen LogP contribution is 2.23. The second-order valence-electron chi connectivity index (χ2n) is 6.23. The van der Waals surface area contributed by atoms with Crippen molar-refractivity contribution in [3.05, 3.63) is 52.4 Å². The van der Waals surface area contributed by atoms with Crippen molar-refractivity contribution in [1.29, 1.82) is 5.26 Å². The van der Waals surface area contributed by atoms with Crippen LogP contribution in [-0.2, 0) is 14.9 Å². The van der Waals surface area contributed by atoms with Gasteiger partial charge in [0.25, 0.3) is 5.91 Å². The fraction of sp³-hybridized carbons (Fsp3) is 0.278. The van der Waals surface area contributed by atoms with Crippen LogP contribution in [0.15, 0.2) is 35.7 Å². The summed E-state index contributed by atoms with van der Waals surface area (Å²) in [5.74, 6) is -1.04. The molecule has 0 aliphatic carbocycles. The molecule has 2 rings (SSSR count). The summed E-state index contributed by atoms with van der Waals surface area (Å²) in [5.41, 5.74) is 1.89. The van der Waals surface area contributed by atoms with E-state index in [0.29, 0.717) is 16.1 Å². The molecule has 0 unspecified atom stereocenters. The van der Waals surface area contributed by atoms with Crippen LogP contribution >= 0.6 is 11.3 Å². The number of carbonyl (C=O) groups is 2. The van der Waals surface area contributed by atoms with Crippen LogP contribution in [0.4, 0.5) is 5.00 Å². The summed E-state index contributed by atoms with van der Waals surface area (Å²) in [7, 11) is 0.